The van der Waals surface area contributed by atoms with Crippen LogP contribution in [0.5, 0.6) is 5.75 Å². The molecule has 1 aliphatic rings. The van der Waals surface area contributed by atoms with Gasteiger partial charge in [-0.05, 0) is 0 Å². The number of hydrogen-bond donors (Lipinski definition) is 2. The van der Waals surface area contributed by atoms with E-state index in [2.05, 4.69) is 4.98 Å². The lowest BCUT2D eigenvalue weighted by atomic mass is 10.3. The van der Waals surface area contributed by atoms with Crippen molar-refractivity contribution >= 4 is 5.69 Å². The van der Waals surface area contributed by atoms with Crippen molar-refractivity contribution in [2.75, 3.05) is 31.2 Å². The Morgan fingerprint density at radius 2 is 2.14 bits per heavy atom. The average Bonchev–Trinajstić information content (AvgIpc) is 2.23. The number of anilines is 1. The molecule has 0 atom stereocenters. The van der Waals surface area contributed by atoms with Gasteiger partial charge in [-0.2, -0.15) is 0 Å². The van der Waals surface area contributed by atoms with Crippen LogP contribution in [-0.2, 0) is 4.74 Å². The van der Waals surface area contributed by atoms with Gasteiger partial charge in [0.1, 0.15) is 11.4 Å². The third-order valence-electron chi connectivity index (χ3n) is 2.22. The number of hydrogen-bond acceptors (Lipinski definition) is 4. The molecule has 0 bridgehead atoms. The van der Waals surface area contributed by atoms with E-state index in [1.54, 1.807) is 0 Å². The monoisotopic (exact) mass is 196 g/mol. The van der Waals surface area contributed by atoms with Crippen molar-refractivity contribution in [3.8, 4) is 5.75 Å². The summed E-state index contributed by atoms with van der Waals surface area (Å²) < 4.78 is 5.17. The third-order valence-corrected chi connectivity index (χ3v) is 2.22. The summed E-state index contributed by atoms with van der Waals surface area (Å²) in [6, 6.07) is 1.48. The van der Waals surface area contributed by atoms with Gasteiger partial charge >= 0.3 is 0 Å². The maximum absolute atomic E-state index is 11.4. The first kappa shape index (κ1) is 9.08. The van der Waals surface area contributed by atoms with Gasteiger partial charge in [0.05, 0.1) is 13.2 Å². The maximum Gasteiger partial charge on any atom is 0.271 e. The van der Waals surface area contributed by atoms with Crippen molar-refractivity contribution in [1.29, 1.82) is 0 Å². The largest absolute Gasteiger partial charge is 0.506 e. The van der Waals surface area contributed by atoms with E-state index >= 15 is 0 Å². The van der Waals surface area contributed by atoms with Gasteiger partial charge in [0.15, 0.2) is 0 Å². The Morgan fingerprint density at radius 1 is 1.43 bits per heavy atom. The molecule has 1 fully saturated rings. The first-order valence-corrected chi connectivity index (χ1v) is 4.52. The zero-order valence-corrected chi connectivity index (χ0v) is 7.69. The highest BCUT2D eigenvalue weighted by Crippen LogP contribution is 2.14. The predicted molar refractivity (Wildman–Crippen MR) is 51.8 cm³/mol. The van der Waals surface area contributed by atoms with Gasteiger partial charge in [0.2, 0.25) is 0 Å². The molecule has 0 aromatic carbocycles. The highest BCUT2D eigenvalue weighted by Gasteiger charge is 2.14. The zero-order valence-electron chi connectivity index (χ0n) is 7.69. The maximum atomic E-state index is 11.4. The molecule has 2 rings (SSSR count). The van der Waals surface area contributed by atoms with E-state index in [1.807, 2.05) is 4.90 Å². The lowest BCUT2D eigenvalue weighted by molar-refractivity contribution is 0.122. The van der Waals surface area contributed by atoms with E-state index < -0.39 is 0 Å². The second kappa shape index (κ2) is 3.71. The van der Waals surface area contributed by atoms with Crippen LogP contribution in [0.2, 0.25) is 0 Å². The van der Waals surface area contributed by atoms with Crippen molar-refractivity contribution in [3.63, 3.8) is 0 Å². The summed E-state index contributed by atoms with van der Waals surface area (Å²) in [7, 11) is 0. The summed E-state index contributed by atoms with van der Waals surface area (Å²) in [5.74, 6) is 0.0751. The highest BCUT2D eigenvalue weighted by atomic mass is 16.5. The molecule has 1 aromatic heterocycles. The number of nitrogens with one attached hydrogen (secondary N) is 1. The first-order chi connectivity index (χ1) is 6.77. The molecule has 0 unspecified atom stereocenters. The van der Waals surface area contributed by atoms with Crippen molar-refractivity contribution in [1.82, 2.24) is 4.98 Å². The third kappa shape index (κ3) is 1.72. The number of aromatic hydroxyl groups is 1. The summed E-state index contributed by atoms with van der Waals surface area (Å²) in [5, 5.41) is 9.24. The molecule has 5 nitrogen and oxygen atoms in total. The molecular formula is C9H12N2O3. The van der Waals surface area contributed by atoms with Crippen molar-refractivity contribution in [3.05, 3.63) is 22.6 Å². The molecule has 76 valence electrons. The molecule has 0 aliphatic carbocycles. The van der Waals surface area contributed by atoms with Gasteiger partial charge < -0.3 is 19.7 Å². The van der Waals surface area contributed by atoms with Crippen molar-refractivity contribution in [2.45, 2.75) is 0 Å². The molecule has 0 amide bonds. The molecule has 1 aromatic rings. The lowest BCUT2D eigenvalue weighted by Crippen LogP contribution is -2.39. The summed E-state index contributed by atoms with van der Waals surface area (Å²) in [4.78, 5) is 15.8. The fraction of sp³-hybridized carbons (Fsp3) is 0.444. The molecule has 5 heteroatoms. The predicted octanol–water partition coefficient (Wildman–Crippen LogP) is -0.0829. The van der Waals surface area contributed by atoms with E-state index in [1.165, 1.54) is 12.3 Å². The minimum Gasteiger partial charge on any atom is -0.506 e. The second-order valence-corrected chi connectivity index (χ2v) is 3.17. The Hall–Kier alpha value is -1.49. The van der Waals surface area contributed by atoms with Crippen LogP contribution < -0.4 is 10.5 Å². The Balaban J connectivity index is 2.29. The van der Waals surface area contributed by atoms with Crippen LogP contribution in [0.1, 0.15) is 0 Å². The lowest BCUT2D eigenvalue weighted by Gasteiger charge is -2.27. The van der Waals surface area contributed by atoms with Crippen LogP contribution >= 0.6 is 0 Å². The van der Waals surface area contributed by atoms with Crippen molar-refractivity contribution in [2.24, 2.45) is 0 Å². The molecule has 2 heterocycles. The van der Waals surface area contributed by atoms with Gasteiger partial charge in [-0.3, -0.25) is 4.79 Å². The van der Waals surface area contributed by atoms with Crippen LogP contribution in [0.15, 0.2) is 17.1 Å². The summed E-state index contributed by atoms with van der Waals surface area (Å²) in [6.45, 7) is 2.61. The SMILES string of the molecule is O=c1[nH]cc(O)cc1N1CCOCC1. The quantitative estimate of drug-likeness (QED) is 0.659. The van der Waals surface area contributed by atoms with Crippen LogP contribution in [0, 0.1) is 0 Å². The molecule has 1 aliphatic heterocycles. The highest BCUT2D eigenvalue weighted by molar-refractivity contribution is 5.47. The number of aromatic amines is 1. The molecule has 0 spiro atoms. The number of aromatic nitrogens is 1. The van der Waals surface area contributed by atoms with Gasteiger partial charge in [-0.1, -0.05) is 0 Å². The number of nitrogens with zero attached hydrogens (tertiary/aromatic N) is 1. The van der Waals surface area contributed by atoms with E-state index in [0.29, 0.717) is 32.0 Å². The van der Waals surface area contributed by atoms with E-state index in [4.69, 9.17) is 4.74 Å². The average molecular weight is 196 g/mol. The van der Waals surface area contributed by atoms with Crippen LogP contribution in [0.3, 0.4) is 0 Å². The van der Waals surface area contributed by atoms with Crippen LogP contribution in [0.25, 0.3) is 0 Å². The Bertz CT molecular complexity index is 369. The molecule has 14 heavy (non-hydrogen) atoms. The number of ether oxygens (including phenoxy) is 1. The van der Waals surface area contributed by atoms with Crippen LogP contribution in [0.4, 0.5) is 5.69 Å². The smallest absolute Gasteiger partial charge is 0.271 e. The Morgan fingerprint density at radius 3 is 2.86 bits per heavy atom. The standard InChI is InChI=1S/C9H12N2O3/c12-7-5-8(9(13)10-6-7)11-1-3-14-4-2-11/h5-6,12H,1-4H2,(H,10,13). The zero-order chi connectivity index (χ0) is 9.97. The molecule has 0 radical (unpaired) electrons. The number of H-pyrrole nitrogens is 1. The topological polar surface area (TPSA) is 65.6 Å². The van der Waals surface area contributed by atoms with E-state index in [-0.39, 0.29) is 11.3 Å². The Labute approximate surface area is 80.9 Å². The van der Waals surface area contributed by atoms with Crippen LogP contribution in [-0.4, -0.2) is 36.4 Å². The number of pyridine rings is 1. The molecule has 2 N–H and O–H groups in total. The summed E-state index contributed by atoms with van der Waals surface area (Å²) in [6.07, 6.45) is 1.28. The van der Waals surface area contributed by atoms with Crippen molar-refractivity contribution < 1.29 is 9.84 Å². The number of morpholine rings is 1. The molecule has 0 saturated carbocycles. The molecular weight excluding hydrogens is 184 g/mol. The second-order valence-electron chi connectivity index (χ2n) is 3.17. The summed E-state index contributed by atoms with van der Waals surface area (Å²) >= 11 is 0. The van der Waals surface area contributed by atoms with E-state index in [0.717, 1.165) is 0 Å². The number of rotatable bonds is 1. The Kier molecular flexibility index (Phi) is 2.41. The van der Waals surface area contributed by atoms with Gasteiger partial charge in [-0.25, -0.2) is 0 Å². The fourth-order valence-electron chi connectivity index (χ4n) is 1.50. The normalized spacial score (nSPS) is 17.0. The fourth-order valence-corrected chi connectivity index (χ4v) is 1.50. The minimum atomic E-state index is -0.176. The van der Waals surface area contributed by atoms with Gasteiger partial charge in [-0.15, -0.1) is 0 Å². The van der Waals surface area contributed by atoms with Gasteiger partial charge in [0, 0.05) is 25.4 Å². The summed E-state index contributed by atoms with van der Waals surface area (Å²) in [5.41, 5.74) is 0.331. The molecule has 1 saturated heterocycles. The van der Waals surface area contributed by atoms with Gasteiger partial charge in [0.25, 0.3) is 5.56 Å². The first-order valence-electron chi connectivity index (χ1n) is 4.52. The van der Waals surface area contributed by atoms with E-state index in [9.17, 15) is 9.90 Å². The minimum absolute atomic E-state index is 0.0751.